The number of anilines is 1. The van der Waals surface area contributed by atoms with Crippen LogP contribution >= 0.6 is 11.3 Å². The van der Waals surface area contributed by atoms with Crippen LogP contribution < -0.4 is 5.32 Å². The fourth-order valence-electron chi connectivity index (χ4n) is 1.82. The van der Waals surface area contributed by atoms with Crippen molar-refractivity contribution >= 4 is 28.9 Å². The van der Waals surface area contributed by atoms with Crippen LogP contribution in [0.5, 0.6) is 0 Å². The average molecular weight is 289 g/mol. The number of rotatable bonds is 5. The minimum absolute atomic E-state index is 0.0529. The number of thiophene rings is 1. The molecule has 1 aromatic heterocycles. The van der Waals surface area contributed by atoms with Crippen LogP contribution in [-0.4, -0.2) is 17.0 Å². The first-order valence-corrected chi connectivity index (χ1v) is 7.11. The molecule has 0 atom stereocenters. The molecule has 4 nitrogen and oxygen atoms in total. The van der Waals surface area contributed by atoms with Crippen molar-refractivity contribution < 1.29 is 14.7 Å². The van der Waals surface area contributed by atoms with E-state index in [-0.39, 0.29) is 12.3 Å². The number of nitrogens with one attached hydrogen (secondary N) is 1. The van der Waals surface area contributed by atoms with Crippen molar-refractivity contribution in [3.05, 3.63) is 51.7 Å². The summed E-state index contributed by atoms with van der Waals surface area (Å²) in [6.45, 7) is 2.04. The van der Waals surface area contributed by atoms with E-state index in [2.05, 4.69) is 5.32 Å². The van der Waals surface area contributed by atoms with E-state index in [1.54, 1.807) is 30.3 Å². The smallest absolute Gasteiger partial charge is 0.307 e. The molecule has 5 heteroatoms. The summed E-state index contributed by atoms with van der Waals surface area (Å²) in [5.41, 5.74) is 1.27. The SMILES string of the molecule is CCc1ccc(C(=O)Nc2cccc(CC(=O)O)c2)s1. The molecule has 0 bridgehead atoms. The van der Waals surface area contributed by atoms with Crippen LogP contribution in [0.2, 0.25) is 0 Å². The molecule has 1 aromatic carbocycles. The second-order valence-electron chi connectivity index (χ2n) is 4.34. The van der Waals surface area contributed by atoms with Gasteiger partial charge in [0.25, 0.3) is 5.91 Å². The number of carbonyl (C=O) groups is 2. The van der Waals surface area contributed by atoms with Crippen LogP contribution in [0.1, 0.15) is 27.0 Å². The lowest BCUT2D eigenvalue weighted by molar-refractivity contribution is -0.136. The minimum atomic E-state index is -0.890. The highest BCUT2D eigenvalue weighted by Crippen LogP contribution is 2.19. The van der Waals surface area contributed by atoms with Gasteiger partial charge in [0.15, 0.2) is 0 Å². The summed E-state index contributed by atoms with van der Waals surface area (Å²) >= 11 is 1.47. The normalized spacial score (nSPS) is 10.2. The van der Waals surface area contributed by atoms with Gasteiger partial charge in [-0.05, 0) is 36.2 Å². The summed E-state index contributed by atoms with van der Waals surface area (Å²) in [6, 6.07) is 10.6. The van der Waals surface area contributed by atoms with Gasteiger partial charge in [-0.25, -0.2) is 0 Å². The number of carboxylic acid groups (broad SMARTS) is 1. The maximum absolute atomic E-state index is 12.1. The van der Waals surface area contributed by atoms with Gasteiger partial charge in [0.1, 0.15) is 0 Å². The number of carboxylic acids is 1. The van der Waals surface area contributed by atoms with Crippen molar-refractivity contribution in [1.82, 2.24) is 0 Å². The summed E-state index contributed by atoms with van der Waals surface area (Å²) in [4.78, 5) is 24.6. The molecule has 0 radical (unpaired) electrons. The van der Waals surface area contributed by atoms with Crippen molar-refractivity contribution in [2.24, 2.45) is 0 Å². The second-order valence-corrected chi connectivity index (χ2v) is 5.51. The zero-order valence-corrected chi connectivity index (χ0v) is 11.9. The Bertz CT molecular complexity index is 634. The third-order valence-electron chi connectivity index (χ3n) is 2.77. The van der Waals surface area contributed by atoms with Crippen molar-refractivity contribution in [2.45, 2.75) is 19.8 Å². The lowest BCUT2D eigenvalue weighted by Gasteiger charge is -2.05. The molecule has 2 aromatic rings. The van der Waals surface area contributed by atoms with Gasteiger partial charge in [-0.1, -0.05) is 19.1 Å². The lowest BCUT2D eigenvalue weighted by Crippen LogP contribution is -2.10. The molecule has 0 saturated carbocycles. The second kappa shape index (κ2) is 6.34. The molecule has 0 spiro atoms. The van der Waals surface area contributed by atoms with E-state index in [0.717, 1.165) is 11.3 Å². The Morgan fingerprint density at radius 1 is 1.25 bits per heavy atom. The predicted molar refractivity (Wildman–Crippen MR) is 79.4 cm³/mol. The summed E-state index contributed by atoms with van der Waals surface area (Å²) in [5, 5.41) is 11.5. The van der Waals surface area contributed by atoms with Crippen LogP contribution in [0.4, 0.5) is 5.69 Å². The summed E-state index contributed by atoms with van der Waals surface area (Å²) in [7, 11) is 0. The molecule has 2 N–H and O–H groups in total. The van der Waals surface area contributed by atoms with Crippen molar-refractivity contribution in [2.75, 3.05) is 5.32 Å². The van der Waals surface area contributed by atoms with Gasteiger partial charge >= 0.3 is 5.97 Å². The summed E-state index contributed by atoms with van der Waals surface area (Å²) in [5.74, 6) is -1.05. The van der Waals surface area contributed by atoms with Crippen LogP contribution in [-0.2, 0) is 17.6 Å². The van der Waals surface area contributed by atoms with E-state index < -0.39 is 5.97 Å². The zero-order chi connectivity index (χ0) is 14.5. The van der Waals surface area contributed by atoms with E-state index in [4.69, 9.17) is 5.11 Å². The van der Waals surface area contributed by atoms with Gasteiger partial charge in [-0.3, -0.25) is 9.59 Å². The molecular weight excluding hydrogens is 274 g/mol. The Morgan fingerprint density at radius 2 is 2.05 bits per heavy atom. The molecule has 0 aliphatic heterocycles. The first-order valence-electron chi connectivity index (χ1n) is 6.29. The third kappa shape index (κ3) is 3.68. The molecule has 0 fully saturated rings. The zero-order valence-electron chi connectivity index (χ0n) is 11.1. The standard InChI is InChI=1S/C15H15NO3S/c1-2-12-6-7-13(20-12)15(19)16-11-5-3-4-10(8-11)9-14(17)18/h3-8H,2,9H2,1H3,(H,16,19)(H,17,18). The quantitative estimate of drug-likeness (QED) is 0.888. The van der Waals surface area contributed by atoms with Crippen LogP contribution in [0.3, 0.4) is 0 Å². The Kier molecular flexibility index (Phi) is 4.53. The highest BCUT2D eigenvalue weighted by atomic mass is 32.1. The molecular formula is C15H15NO3S. The fourth-order valence-corrected chi connectivity index (χ4v) is 2.66. The van der Waals surface area contributed by atoms with Gasteiger partial charge in [0, 0.05) is 10.6 Å². The highest BCUT2D eigenvalue weighted by Gasteiger charge is 2.09. The van der Waals surface area contributed by atoms with E-state index >= 15 is 0 Å². The summed E-state index contributed by atoms with van der Waals surface area (Å²) < 4.78 is 0. The molecule has 1 amide bonds. The molecule has 0 unspecified atom stereocenters. The lowest BCUT2D eigenvalue weighted by atomic mass is 10.1. The number of aryl methyl sites for hydroxylation is 1. The van der Waals surface area contributed by atoms with Gasteiger partial charge in [0.05, 0.1) is 11.3 Å². The molecule has 0 saturated heterocycles. The molecule has 104 valence electrons. The first-order chi connectivity index (χ1) is 9.58. The highest BCUT2D eigenvalue weighted by molar-refractivity contribution is 7.14. The number of carbonyl (C=O) groups excluding carboxylic acids is 1. The van der Waals surface area contributed by atoms with Crippen LogP contribution in [0.15, 0.2) is 36.4 Å². The molecule has 0 aliphatic carbocycles. The Hall–Kier alpha value is -2.14. The van der Waals surface area contributed by atoms with Gasteiger partial charge in [0.2, 0.25) is 0 Å². The number of benzene rings is 1. The number of amides is 1. The predicted octanol–water partition coefficient (Wildman–Crippen LogP) is 3.19. The van der Waals surface area contributed by atoms with Crippen molar-refractivity contribution in [3.63, 3.8) is 0 Å². The van der Waals surface area contributed by atoms with Crippen LogP contribution in [0, 0.1) is 0 Å². The van der Waals surface area contributed by atoms with E-state index in [9.17, 15) is 9.59 Å². The van der Waals surface area contributed by atoms with Crippen LogP contribution in [0.25, 0.3) is 0 Å². The minimum Gasteiger partial charge on any atom is -0.481 e. The van der Waals surface area contributed by atoms with Gasteiger partial charge in [-0.15, -0.1) is 11.3 Å². The Balaban J connectivity index is 2.09. The number of hydrogen-bond donors (Lipinski definition) is 2. The van der Waals surface area contributed by atoms with E-state index in [0.29, 0.717) is 16.1 Å². The maximum atomic E-state index is 12.1. The average Bonchev–Trinajstić information content (AvgIpc) is 2.87. The first kappa shape index (κ1) is 14.3. The third-order valence-corrected chi connectivity index (χ3v) is 4.00. The topological polar surface area (TPSA) is 66.4 Å². The van der Waals surface area contributed by atoms with E-state index in [1.165, 1.54) is 11.3 Å². The summed E-state index contributed by atoms with van der Waals surface area (Å²) in [6.07, 6.45) is 0.856. The molecule has 2 rings (SSSR count). The van der Waals surface area contributed by atoms with E-state index in [1.807, 2.05) is 13.0 Å². The van der Waals surface area contributed by atoms with Crippen molar-refractivity contribution in [1.29, 1.82) is 0 Å². The Morgan fingerprint density at radius 3 is 2.70 bits per heavy atom. The molecule has 0 aliphatic rings. The molecule has 20 heavy (non-hydrogen) atoms. The van der Waals surface area contributed by atoms with Gasteiger partial charge in [-0.2, -0.15) is 0 Å². The number of hydrogen-bond acceptors (Lipinski definition) is 3. The van der Waals surface area contributed by atoms with Gasteiger partial charge < -0.3 is 10.4 Å². The fraction of sp³-hybridized carbons (Fsp3) is 0.200. The Labute approximate surface area is 121 Å². The van der Waals surface area contributed by atoms with Crippen molar-refractivity contribution in [3.8, 4) is 0 Å². The number of aliphatic carboxylic acids is 1. The largest absolute Gasteiger partial charge is 0.481 e. The maximum Gasteiger partial charge on any atom is 0.307 e. The monoisotopic (exact) mass is 289 g/mol. The molecule has 1 heterocycles.